The number of aromatic nitrogens is 2. The van der Waals surface area contributed by atoms with Crippen LogP contribution < -0.4 is 16.6 Å². The van der Waals surface area contributed by atoms with Gasteiger partial charge in [-0.05, 0) is 31.2 Å². The number of H-pyrrole nitrogens is 1. The summed E-state index contributed by atoms with van der Waals surface area (Å²) in [4.78, 5) is 26.7. The molecule has 3 rings (SSSR count). The lowest BCUT2D eigenvalue weighted by molar-refractivity contribution is 0.276. The molecule has 0 spiro atoms. The highest BCUT2D eigenvalue weighted by Gasteiger charge is 2.28. The third-order valence-corrected chi connectivity index (χ3v) is 4.43. The monoisotopic (exact) mass is 299 g/mol. The minimum atomic E-state index is -0.363. The molecule has 1 atom stereocenters. The van der Waals surface area contributed by atoms with Crippen molar-refractivity contribution in [1.82, 2.24) is 9.55 Å². The Labute approximate surface area is 129 Å². The summed E-state index contributed by atoms with van der Waals surface area (Å²) >= 11 is 0. The average molecular weight is 299 g/mol. The second-order valence-corrected chi connectivity index (χ2v) is 5.79. The molecule has 1 heterocycles. The number of nitrogens with one attached hydrogen (secondary N) is 2. The zero-order valence-electron chi connectivity index (χ0n) is 12.7. The Balaban J connectivity index is 1.91. The van der Waals surface area contributed by atoms with Gasteiger partial charge in [-0.2, -0.15) is 0 Å². The van der Waals surface area contributed by atoms with Gasteiger partial charge >= 0.3 is 5.69 Å². The molecule has 2 aromatic rings. The number of nitrogens with zero attached hydrogens (tertiary/aromatic N) is 1. The van der Waals surface area contributed by atoms with Gasteiger partial charge in [0.1, 0.15) is 5.82 Å². The van der Waals surface area contributed by atoms with Crippen LogP contribution in [0.5, 0.6) is 0 Å². The van der Waals surface area contributed by atoms with E-state index in [2.05, 4.69) is 22.4 Å². The van der Waals surface area contributed by atoms with Crippen LogP contribution in [0.15, 0.2) is 46.0 Å². The van der Waals surface area contributed by atoms with E-state index in [4.69, 9.17) is 0 Å². The smallest absolute Gasteiger partial charge is 0.329 e. The second kappa shape index (κ2) is 6.22. The summed E-state index contributed by atoms with van der Waals surface area (Å²) in [7, 11) is 0. The molecule has 1 fully saturated rings. The summed E-state index contributed by atoms with van der Waals surface area (Å²) in [6.45, 7) is 2.16. The molecule has 116 valence electrons. The predicted molar refractivity (Wildman–Crippen MR) is 87.1 cm³/mol. The highest BCUT2D eigenvalue weighted by molar-refractivity contribution is 5.38. The Morgan fingerprint density at radius 3 is 2.55 bits per heavy atom. The van der Waals surface area contributed by atoms with Gasteiger partial charge in [0.2, 0.25) is 0 Å². The van der Waals surface area contributed by atoms with Gasteiger partial charge in [0.25, 0.3) is 5.56 Å². The van der Waals surface area contributed by atoms with Crippen molar-refractivity contribution in [3.8, 4) is 0 Å². The van der Waals surface area contributed by atoms with E-state index in [0.29, 0.717) is 18.3 Å². The normalized spacial score (nSPS) is 16.0. The molecular weight excluding hydrogens is 278 g/mol. The van der Waals surface area contributed by atoms with E-state index >= 15 is 0 Å². The fraction of sp³-hybridized carbons (Fsp3) is 0.412. The Hall–Kier alpha value is -2.30. The summed E-state index contributed by atoms with van der Waals surface area (Å²) in [6.07, 6.45) is 3.58. The SMILES string of the molecule is CCn1c(=O)cc(NC(c2ccccc2)C2CCC2)[nH]c1=O. The first-order valence-electron chi connectivity index (χ1n) is 7.84. The van der Waals surface area contributed by atoms with Gasteiger partial charge in [-0.3, -0.25) is 14.3 Å². The van der Waals surface area contributed by atoms with Crippen molar-refractivity contribution < 1.29 is 0 Å². The molecule has 5 nitrogen and oxygen atoms in total. The molecular formula is C17H21N3O2. The first-order valence-corrected chi connectivity index (χ1v) is 7.84. The maximum absolute atomic E-state index is 12.0. The van der Waals surface area contributed by atoms with Crippen molar-refractivity contribution >= 4 is 5.82 Å². The quantitative estimate of drug-likeness (QED) is 0.891. The summed E-state index contributed by atoms with van der Waals surface area (Å²) in [5, 5.41) is 3.36. The third-order valence-electron chi connectivity index (χ3n) is 4.43. The summed E-state index contributed by atoms with van der Waals surface area (Å²) in [6, 6.07) is 11.8. The summed E-state index contributed by atoms with van der Waals surface area (Å²) < 4.78 is 1.19. The lowest BCUT2D eigenvalue weighted by Crippen LogP contribution is -2.35. The number of aromatic amines is 1. The molecule has 5 heteroatoms. The van der Waals surface area contributed by atoms with E-state index in [1.165, 1.54) is 35.5 Å². The number of anilines is 1. The zero-order chi connectivity index (χ0) is 15.5. The van der Waals surface area contributed by atoms with Gasteiger partial charge in [0.15, 0.2) is 0 Å². The van der Waals surface area contributed by atoms with Crippen molar-refractivity contribution in [3.05, 3.63) is 62.8 Å². The van der Waals surface area contributed by atoms with Gasteiger partial charge < -0.3 is 5.32 Å². The van der Waals surface area contributed by atoms with E-state index in [9.17, 15) is 9.59 Å². The minimum absolute atomic E-state index is 0.127. The first-order chi connectivity index (χ1) is 10.7. The van der Waals surface area contributed by atoms with Gasteiger partial charge in [0, 0.05) is 12.6 Å². The topological polar surface area (TPSA) is 66.9 Å². The molecule has 0 saturated heterocycles. The highest BCUT2D eigenvalue weighted by Crippen LogP contribution is 2.39. The molecule has 22 heavy (non-hydrogen) atoms. The Bertz CT molecular complexity index is 713. The average Bonchev–Trinajstić information content (AvgIpc) is 2.45. The van der Waals surface area contributed by atoms with Crippen LogP contribution in [0.4, 0.5) is 5.82 Å². The van der Waals surface area contributed by atoms with E-state index < -0.39 is 0 Å². The van der Waals surface area contributed by atoms with Crippen LogP contribution in [0, 0.1) is 5.92 Å². The third kappa shape index (κ3) is 2.84. The first kappa shape index (κ1) is 14.6. The molecule has 1 unspecified atom stereocenters. The Kier molecular flexibility index (Phi) is 4.13. The van der Waals surface area contributed by atoms with Crippen molar-refractivity contribution in [2.24, 2.45) is 5.92 Å². The fourth-order valence-corrected chi connectivity index (χ4v) is 2.97. The van der Waals surface area contributed by atoms with Gasteiger partial charge in [0.05, 0.1) is 6.04 Å². The minimum Gasteiger partial charge on any atom is -0.364 e. The number of rotatable bonds is 5. The summed E-state index contributed by atoms with van der Waals surface area (Å²) in [5.74, 6) is 1.04. The van der Waals surface area contributed by atoms with Crippen molar-refractivity contribution in [1.29, 1.82) is 0 Å². The molecule has 1 aliphatic rings. The van der Waals surface area contributed by atoms with Crippen molar-refractivity contribution in [2.45, 2.75) is 38.8 Å². The van der Waals surface area contributed by atoms with Crippen LogP contribution in [-0.2, 0) is 6.54 Å². The van der Waals surface area contributed by atoms with Crippen molar-refractivity contribution in [3.63, 3.8) is 0 Å². The van der Waals surface area contributed by atoms with Crippen LogP contribution in [0.25, 0.3) is 0 Å². The van der Waals surface area contributed by atoms with Gasteiger partial charge in [-0.1, -0.05) is 36.8 Å². The maximum Gasteiger partial charge on any atom is 0.329 e. The molecule has 1 aromatic carbocycles. The van der Waals surface area contributed by atoms with E-state index in [1.807, 2.05) is 18.2 Å². The van der Waals surface area contributed by atoms with Crippen LogP contribution in [-0.4, -0.2) is 9.55 Å². The Morgan fingerprint density at radius 2 is 2.00 bits per heavy atom. The molecule has 1 aliphatic carbocycles. The molecule has 0 bridgehead atoms. The standard InChI is InChI=1S/C17H21N3O2/c1-2-20-15(21)11-14(19-17(20)22)18-16(13-9-6-10-13)12-7-4-3-5-8-12/h3-5,7-8,11,13,16,18H,2,6,9-10H2,1H3,(H,19,22). The molecule has 0 amide bonds. The summed E-state index contributed by atoms with van der Waals surface area (Å²) in [5.41, 5.74) is 0.555. The zero-order valence-corrected chi connectivity index (χ0v) is 12.7. The molecule has 0 aliphatic heterocycles. The number of hydrogen-bond acceptors (Lipinski definition) is 3. The van der Waals surface area contributed by atoms with Crippen molar-refractivity contribution in [2.75, 3.05) is 5.32 Å². The number of hydrogen-bond donors (Lipinski definition) is 2. The van der Waals surface area contributed by atoms with E-state index in [0.717, 1.165) is 0 Å². The molecule has 1 aromatic heterocycles. The van der Waals surface area contributed by atoms with Crippen LogP contribution >= 0.6 is 0 Å². The van der Waals surface area contributed by atoms with Crippen LogP contribution in [0.2, 0.25) is 0 Å². The van der Waals surface area contributed by atoms with Gasteiger partial charge in [-0.15, -0.1) is 0 Å². The second-order valence-electron chi connectivity index (χ2n) is 5.79. The maximum atomic E-state index is 12.0. The largest absolute Gasteiger partial charge is 0.364 e. The molecule has 0 radical (unpaired) electrons. The predicted octanol–water partition coefficient (Wildman–Crippen LogP) is 2.51. The lowest BCUT2D eigenvalue weighted by atomic mass is 9.77. The number of benzene rings is 1. The van der Waals surface area contributed by atoms with Gasteiger partial charge in [-0.25, -0.2) is 4.79 Å². The highest BCUT2D eigenvalue weighted by atomic mass is 16.2. The Morgan fingerprint density at radius 1 is 1.27 bits per heavy atom. The fourth-order valence-electron chi connectivity index (χ4n) is 2.97. The van der Waals surface area contributed by atoms with Crippen LogP contribution in [0.1, 0.15) is 37.8 Å². The lowest BCUT2D eigenvalue weighted by Gasteiger charge is -2.35. The van der Waals surface area contributed by atoms with Crippen LogP contribution in [0.3, 0.4) is 0 Å². The van der Waals surface area contributed by atoms with E-state index in [-0.39, 0.29) is 17.3 Å². The molecule has 2 N–H and O–H groups in total. The van der Waals surface area contributed by atoms with E-state index in [1.54, 1.807) is 6.92 Å². The molecule has 1 saturated carbocycles.